The van der Waals surface area contributed by atoms with Gasteiger partial charge in [-0.3, -0.25) is 55.2 Å². The van der Waals surface area contributed by atoms with E-state index in [-0.39, 0.29) is 28.6 Å². The number of anilines is 3. The van der Waals surface area contributed by atoms with Crippen molar-refractivity contribution < 1.29 is 105 Å². The Morgan fingerprint density at radius 3 is 1.48 bits per heavy atom. The molecule has 5 aromatic rings. The topological polar surface area (TPSA) is 572 Å². The minimum absolute atomic E-state index is 0.0388. The molecule has 42 heteroatoms. The van der Waals surface area contributed by atoms with Gasteiger partial charge in [0.05, 0.1) is 32.8 Å². The van der Waals surface area contributed by atoms with Crippen LogP contribution in [0.25, 0.3) is 11.2 Å². The lowest BCUT2D eigenvalue weighted by molar-refractivity contribution is -0.0656. The van der Waals surface area contributed by atoms with E-state index < -0.39 is 171 Å². The average Bonchev–Trinajstić information content (AvgIpc) is 4.32. The van der Waals surface area contributed by atoms with Gasteiger partial charge >= 0.3 is 40.5 Å². The zero-order valence-corrected chi connectivity index (χ0v) is 42.4. The number of aliphatic hydroxyl groups is 6. The molecule has 0 saturated carbocycles. The van der Waals surface area contributed by atoms with Crippen LogP contribution in [-0.4, -0.2) is 193 Å². The molecule has 0 spiro atoms. The van der Waals surface area contributed by atoms with Crippen LogP contribution in [0, 0.1) is 0 Å². The maximum Gasteiger partial charge on any atom is 0.472 e. The van der Waals surface area contributed by atoms with Crippen LogP contribution in [0.15, 0.2) is 68.6 Å². The second kappa shape index (κ2) is 22.7. The first-order valence-electron chi connectivity index (χ1n) is 22.8. The minimum Gasteiger partial charge on any atom is -0.394 e. The van der Waals surface area contributed by atoms with Gasteiger partial charge < -0.3 is 81.5 Å². The molecule has 0 radical (unpaired) electrons. The molecule has 79 heavy (non-hydrogen) atoms. The van der Waals surface area contributed by atoms with E-state index in [4.69, 9.17) is 63.3 Å². The number of H-pyrrole nitrogens is 1. The van der Waals surface area contributed by atoms with E-state index in [0.29, 0.717) is 9.13 Å². The number of aliphatic hydroxyl groups excluding tert-OH is 6. The Kier molecular flexibility index (Phi) is 16.7. The predicted molar refractivity (Wildman–Crippen MR) is 252 cm³/mol. The quantitative estimate of drug-likeness (QED) is 0.0322. The van der Waals surface area contributed by atoms with Gasteiger partial charge in [0.2, 0.25) is 0 Å². The third-order valence-corrected chi connectivity index (χ3v) is 15.4. The molecule has 4 saturated heterocycles. The Morgan fingerprint density at radius 2 is 0.987 bits per heavy atom. The predicted octanol–water partition coefficient (Wildman–Crippen LogP) is -6.47. The maximum atomic E-state index is 13.8. The summed E-state index contributed by atoms with van der Waals surface area (Å²) >= 11 is 0. The van der Waals surface area contributed by atoms with Gasteiger partial charge in [-0.1, -0.05) is 0 Å². The van der Waals surface area contributed by atoms with E-state index in [2.05, 4.69) is 24.9 Å². The number of rotatable bonds is 20. The molecule has 0 aromatic carbocycles. The Hall–Kier alpha value is -5.68. The highest BCUT2D eigenvalue weighted by Crippen LogP contribution is 2.54. The molecule has 0 aliphatic carbocycles. The molecule has 4 aliphatic heterocycles. The Morgan fingerprint density at radius 1 is 0.557 bits per heavy atom. The van der Waals surface area contributed by atoms with Crippen LogP contribution in [0.3, 0.4) is 0 Å². The van der Waals surface area contributed by atoms with Crippen molar-refractivity contribution in [3.8, 4) is 0 Å². The first-order valence-corrected chi connectivity index (χ1v) is 27.3. The van der Waals surface area contributed by atoms with Crippen LogP contribution in [0.1, 0.15) is 24.9 Å². The standard InChI is InChI=1S/C37H48N13O26P3/c38-17-1-4-47(35(58)44-17)31-22(54)21(53)14(71-31)8-67-77(61,62)75-27-15(72-32(24(27)56)48-5-2-18(39)45-36(48)59)10-69-79(65,66)76-28-16(73-33(25(28)57)49-6-3-19(52)46-37(49)60)9-68-78(63,64)74-26-13(7-51)70-34(23(26)55)50-12-43-20-29(40)41-11-42-30(20)50/h1-6,11-16,21-28,31-34,51,53-57H,7-10H2,(H,61,62)(H,63,64)(H,65,66)(H2,38,44,58)(H2,39,45,59)(H2,40,41,42)(H,46,52,60)/t13-,14-,15-,16-,21-,22-,23-,24-,25-,26-,27-,28-,31-,32-,33-,34-/m1/s1. The van der Waals surface area contributed by atoms with Gasteiger partial charge in [0.15, 0.2) is 36.4 Å². The van der Waals surface area contributed by atoms with Gasteiger partial charge in [-0.2, -0.15) is 9.97 Å². The van der Waals surface area contributed by atoms with Gasteiger partial charge in [0.25, 0.3) is 5.56 Å². The molecule has 3 unspecified atom stereocenters. The normalized spacial score (nSPS) is 33.2. The summed E-state index contributed by atoms with van der Waals surface area (Å²) in [5.41, 5.74) is 12.9. The van der Waals surface area contributed by atoms with Crippen molar-refractivity contribution in [3.63, 3.8) is 0 Å². The zero-order valence-electron chi connectivity index (χ0n) is 39.7. The largest absolute Gasteiger partial charge is 0.472 e. The maximum absolute atomic E-state index is 13.8. The number of aromatic amines is 1. The molecule has 432 valence electrons. The van der Waals surface area contributed by atoms with Crippen LogP contribution < -0.4 is 39.8 Å². The molecule has 19 atom stereocenters. The van der Waals surface area contributed by atoms with E-state index in [9.17, 15) is 78.2 Å². The lowest BCUT2D eigenvalue weighted by Crippen LogP contribution is -2.39. The van der Waals surface area contributed by atoms with Crippen LogP contribution >= 0.6 is 23.5 Å². The fraction of sp³-hybridized carbons (Fsp3) is 0.541. The molecular weight excluding hydrogens is 1140 g/mol. The van der Waals surface area contributed by atoms with E-state index in [1.54, 1.807) is 0 Å². The third kappa shape index (κ3) is 12.2. The highest BCUT2D eigenvalue weighted by atomic mass is 31.2. The number of nitrogen functional groups attached to an aromatic ring is 3. The van der Waals surface area contributed by atoms with Crippen LogP contribution in [0.2, 0.25) is 0 Å². The molecule has 5 aromatic heterocycles. The van der Waals surface area contributed by atoms with Crippen molar-refractivity contribution in [1.82, 2.24) is 48.2 Å². The Balaban J connectivity index is 0.904. The van der Waals surface area contributed by atoms with E-state index in [1.165, 1.54) is 10.6 Å². The number of hydrogen-bond acceptors (Lipinski definition) is 31. The Labute approximate surface area is 437 Å². The fourth-order valence-electron chi connectivity index (χ4n) is 8.73. The summed E-state index contributed by atoms with van der Waals surface area (Å²) in [6.45, 7) is -4.46. The number of nitrogens with two attached hydrogens (primary N) is 3. The lowest BCUT2D eigenvalue weighted by Gasteiger charge is -2.26. The summed E-state index contributed by atoms with van der Waals surface area (Å²) in [6, 6.07) is 3.09. The van der Waals surface area contributed by atoms with Crippen molar-refractivity contribution >= 4 is 52.1 Å². The first kappa shape index (κ1) is 58.0. The minimum atomic E-state index is -5.74. The van der Waals surface area contributed by atoms with Crippen molar-refractivity contribution in [1.29, 1.82) is 0 Å². The second-order valence-electron chi connectivity index (χ2n) is 17.6. The highest BCUT2D eigenvalue weighted by Gasteiger charge is 2.55. The SMILES string of the molecule is Nc1ccn([C@@H]2O[C@H](COP(=O)(O)O[C@H]3[C@@H](O)[C@H](n4ccc(N)nc4=O)O[C@@H]3COP(=O)(O)O[C@H]3[C@@H](O)[C@H](n4ccc(=O)[nH]c4=O)O[C@@H]3COP(=O)(O)O[C@H]3[C@@H](O)[C@H](n4cnc5c(N)ncnc54)O[C@@H]3CO)[C@@H](O)[C@H]2O)c(=O)n1. The molecule has 9 heterocycles. The lowest BCUT2D eigenvalue weighted by atomic mass is 10.1. The van der Waals surface area contributed by atoms with Crippen molar-refractivity contribution in [2.24, 2.45) is 0 Å². The molecular formula is C37H48N13O26P3. The number of fused-ring (bicyclic) bond motifs is 1. The fourth-order valence-corrected chi connectivity index (χ4v) is 11.6. The second-order valence-corrected chi connectivity index (χ2v) is 21.8. The number of nitrogens with one attached hydrogen (secondary N) is 1. The summed E-state index contributed by atoms with van der Waals surface area (Å²) < 4.78 is 97.7. The van der Waals surface area contributed by atoms with Gasteiger partial charge in [-0.15, -0.1) is 0 Å². The molecule has 4 fully saturated rings. The number of phosphoric ester groups is 3. The number of imidazole rings is 1. The summed E-state index contributed by atoms with van der Waals surface area (Å²) in [6.07, 6.45) is -25.0. The van der Waals surface area contributed by atoms with Crippen LogP contribution in [0.5, 0.6) is 0 Å². The van der Waals surface area contributed by atoms with E-state index in [0.717, 1.165) is 47.9 Å². The summed E-state index contributed by atoms with van der Waals surface area (Å²) in [7, 11) is -16.8. The van der Waals surface area contributed by atoms with Gasteiger partial charge in [-0.05, 0) is 12.1 Å². The van der Waals surface area contributed by atoms with Gasteiger partial charge in [0, 0.05) is 24.7 Å². The van der Waals surface area contributed by atoms with E-state index >= 15 is 0 Å². The molecule has 39 nitrogen and oxygen atoms in total. The highest BCUT2D eigenvalue weighted by molar-refractivity contribution is 7.48. The monoisotopic (exact) mass is 1180 g/mol. The molecule has 4 aliphatic rings. The molecule has 9 rings (SSSR count). The molecule has 0 amide bonds. The Bertz CT molecular complexity index is 3440. The van der Waals surface area contributed by atoms with Gasteiger partial charge in [-0.25, -0.2) is 43.0 Å². The van der Waals surface area contributed by atoms with Crippen molar-refractivity contribution in [2.75, 3.05) is 43.6 Å². The summed E-state index contributed by atoms with van der Waals surface area (Å²) in [4.78, 5) is 104. The summed E-state index contributed by atoms with van der Waals surface area (Å²) in [5, 5.41) is 65.5. The zero-order chi connectivity index (χ0) is 57.0. The van der Waals surface area contributed by atoms with Crippen LogP contribution in [0.4, 0.5) is 17.5 Å². The number of hydrogen-bond donors (Lipinski definition) is 13. The van der Waals surface area contributed by atoms with Crippen molar-refractivity contribution in [3.05, 3.63) is 91.3 Å². The number of ether oxygens (including phenoxy) is 4. The third-order valence-electron chi connectivity index (χ3n) is 12.5. The average molecular weight is 1180 g/mol. The first-order chi connectivity index (χ1) is 37.2. The van der Waals surface area contributed by atoms with Crippen LogP contribution in [-0.2, 0) is 59.8 Å². The van der Waals surface area contributed by atoms with E-state index in [1.807, 2.05) is 4.98 Å². The number of aromatic nitrogens is 10. The number of nitrogens with zero attached hydrogens (tertiary/aromatic N) is 9. The molecule has 16 N–H and O–H groups in total. The smallest absolute Gasteiger partial charge is 0.394 e. The number of phosphoric acid groups is 3. The summed E-state index contributed by atoms with van der Waals surface area (Å²) in [5.74, 6) is -0.505. The van der Waals surface area contributed by atoms with Crippen molar-refractivity contribution in [2.45, 2.75) is 98.2 Å². The van der Waals surface area contributed by atoms with Gasteiger partial charge in [0.1, 0.15) is 96.7 Å². The molecule has 0 bridgehead atoms.